The van der Waals surface area contributed by atoms with Gasteiger partial charge in [-0.15, -0.1) is 0 Å². The van der Waals surface area contributed by atoms with E-state index in [1.54, 1.807) is 0 Å². The summed E-state index contributed by atoms with van der Waals surface area (Å²) in [4.78, 5) is 19.4. The molecule has 0 aliphatic carbocycles. The van der Waals surface area contributed by atoms with Crippen LogP contribution in [0.3, 0.4) is 0 Å². The van der Waals surface area contributed by atoms with E-state index in [2.05, 4.69) is 40.1 Å². The Bertz CT molecular complexity index is 917. The lowest BCUT2D eigenvalue weighted by molar-refractivity contribution is -0.131. The third kappa shape index (κ3) is 4.95. The molecule has 154 valence electrons. The highest BCUT2D eigenvalue weighted by molar-refractivity contribution is 6.30. The maximum Gasteiger partial charge on any atom is 0.224 e. The minimum absolute atomic E-state index is 0.206. The second-order valence-corrected chi connectivity index (χ2v) is 7.86. The first-order valence-electron chi connectivity index (χ1n) is 10.4. The van der Waals surface area contributed by atoms with Crippen LogP contribution in [-0.4, -0.2) is 43.5 Å². The van der Waals surface area contributed by atoms with Crippen molar-refractivity contribution >= 4 is 34.6 Å². The number of hydrogen-bond donors (Lipinski definition) is 0. The third-order valence-electron chi connectivity index (χ3n) is 5.49. The van der Waals surface area contributed by atoms with E-state index < -0.39 is 0 Å². The van der Waals surface area contributed by atoms with Crippen LogP contribution in [0.4, 0.5) is 17.1 Å². The van der Waals surface area contributed by atoms with Crippen LogP contribution >= 0.6 is 11.6 Å². The summed E-state index contributed by atoms with van der Waals surface area (Å²) in [6, 6.07) is 28.4. The van der Waals surface area contributed by atoms with Crippen LogP contribution in [0.5, 0.6) is 0 Å². The molecule has 1 saturated heterocycles. The normalized spacial score (nSPS) is 13.9. The summed E-state index contributed by atoms with van der Waals surface area (Å²) >= 11 is 6.12. The summed E-state index contributed by atoms with van der Waals surface area (Å²) < 4.78 is 0. The van der Waals surface area contributed by atoms with Gasteiger partial charge in [0.05, 0.1) is 0 Å². The number of piperazine rings is 1. The second kappa shape index (κ2) is 9.68. The van der Waals surface area contributed by atoms with Gasteiger partial charge in [-0.05, 0) is 42.5 Å². The SMILES string of the molecule is O=C(CCN(c1ccccc1)c1ccccc1)N1CCN(c2cccc(Cl)c2)CC1. The molecular weight excluding hydrogens is 394 g/mol. The fourth-order valence-electron chi connectivity index (χ4n) is 3.88. The lowest BCUT2D eigenvalue weighted by Gasteiger charge is -2.36. The highest BCUT2D eigenvalue weighted by Gasteiger charge is 2.22. The lowest BCUT2D eigenvalue weighted by Crippen LogP contribution is -2.49. The summed E-state index contributed by atoms with van der Waals surface area (Å²) in [6.45, 7) is 3.78. The molecular formula is C25H26ClN3O. The average Bonchev–Trinajstić information content (AvgIpc) is 2.81. The average molecular weight is 420 g/mol. The van der Waals surface area contributed by atoms with Crippen molar-refractivity contribution in [3.05, 3.63) is 90.0 Å². The van der Waals surface area contributed by atoms with E-state index in [4.69, 9.17) is 11.6 Å². The van der Waals surface area contributed by atoms with Crippen LogP contribution < -0.4 is 9.80 Å². The number of halogens is 1. The van der Waals surface area contributed by atoms with E-state index in [1.807, 2.05) is 59.5 Å². The summed E-state index contributed by atoms with van der Waals surface area (Å²) in [7, 11) is 0. The molecule has 0 saturated carbocycles. The molecule has 1 fully saturated rings. The fourth-order valence-corrected chi connectivity index (χ4v) is 4.06. The Morgan fingerprint density at radius 1 is 0.800 bits per heavy atom. The third-order valence-corrected chi connectivity index (χ3v) is 5.73. The van der Waals surface area contributed by atoms with Crippen LogP contribution in [-0.2, 0) is 4.79 Å². The van der Waals surface area contributed by atoms with Crippen molar-refractivity contribution in [2.75, 3.05) is 42.5 Å². The minimum atomic E-state index is 0.206. The van der Waals surface area contributed by atoms with Crippen molar-refractivity contribution in [2.45, 2.75) is 6.42 Å². The van der Waals surface area contributed by atoms with Crippen LogP contribution in [0.25, 0.3) is 0 Å². The summed E-state index contributed by atoms with van der Waals surface area (Å²) in [5.74, 6) is 0.206. The van der Waals surface area contributed by atoms with Crippen molar-refractivity contribution in [1.82, 2.24) is 4.90 Å². The van der Waals surface area contributed by atoms with Crippen molar-refractivity contribution in [3.8, 4) is 0 Å². The fraction of sp³-hybridized carbons (Fsp3) is 0.240. The molecule has 1 aliphatic heterocycles. The van der Waals surface area contributed by atoms with E-state index >= 15 is 0 Å². The summed E-state index contributed by atoms with van der Waals surface area (Å²) in [5.41, 5.74) is 3.32. The molecule has 0 unspecified atom stereocenters. The molecule has 1 aliphatic rings. The predicted molar refractivity (Wildman–Crippen MR) is 125 cm³/mol. The van der Waals surface area contributed by atoms with Crippen molar-refractivity contribution in [1.29, 1.82) is 0 Å². The van der Waals surface area contributed by atoms with Gasteiger partial charge in [-0.3, -0.25) is 4.79 Å². The molecule has 1 amide bonds. The molecule has 0 N–H and O–H groups in total. The topological polar surface area (TPSA) is 26.8 Å². The number of carbonyl (C=O) groups excluding carboxylic acids is 1. The largest absolute Gasteiger partial charge is 0.368 e. The van der Waals surface area contributed by atoms with Crippen molar-refractivity contribution < 1.29 is 4.79 Å². The number of hydrogen-bond acceptors (Lipinski definition) is 3. The van der Waals surface area contributed by atoms with Gasteiger partial charge < -0.3 is 14.7 Å². The Labute approximate surface area is 183 Å². The van der Waals surface area contributed by atoms with Crippen LogP contribution in [0.15, 0.2) is 84.9 Å². The Kier molecular flexibility index (Phi) is 6.55. The highest BCUT2D eigenvalue weighted by atomic mass is 35.5. The molecule has 0 spiro atoms. The van der Waals surface area contributed by atoms with Gasteiger partial charge in [-0.25, -0.2) is 0 Å². The monoisotopic (exact) mass is 419 g/mol. The Balaban J connectivity index is 1.36. The summed E-state index contributed by atoms with van der Waals surface area (Å²) in [6.07, 6.45) is 0.487. The minimum Gasteiger partial charge on any atom is -0.368 e. The number of rotatable bonds is 6. The molecule has 4 rings (SSSR count). The van der Waals surface area contributed by atoms with E-state index in [0.29, 0.717) is 13.0 Å². The molecule has 3 aromatic rings. The van der Waals surface area contributed by atoms with Crippen LogP contribution in [0.1, 0.15) is 6.42 Å². The lowest BCUT2D eigenvalue weighted by atomic mass is 10.2. The molecule has 3 aromatic carbocycles. The van der Waals surface area contributed by atoms with E-state index in [-0.39, 0.29) is 5.91 Å². The van der Waals surface area contributed by atoms with Gasteiger partial charge >= 0.3 is 0 Å². The van der Waals surface area contributed by atoms with E-state index in [9.17, 15) is 4.79 Å². The first-order chi connectivity index (χ1) is 14.7. The molecule has 0 aromatic heterocycles. The highest BCUT2D eigenvalue weighted by Crippen LogP contribution is 2.25. The van der Waals surface area contributed by atoms with Crippen LogP contribution in [0.2, 0.25) is 5.02 Å². The Morgan fingerprint density at radius 3 is 1.97 bits per heavy atom. The van der Waals surface area contributed by atoms with Gasteiger partial charge in [0.25, 0.3) is 0 Å². The second-order valence-electron chi connectivity index (χ2n) is 7.42. The number of amides is 1. The number of para-hydroxylation sites is 2. The zero-order valence-electron chi connectivity index (χ0n) is 17.0. The van der Waals surface area contributed by atoms with Gasteiger partial charge in [-0.1, -0.05) is 54.1 Å². The standard InChI is InChI=1S/C25H26ClN3O/c26-21-8-7-13-24(20-21)27-16-18-28(19-17-27)25(30)14-15-29(22-9-3-1-4-10-22)23-11-5-2-6-12-23/h1-13,20H,14-19H2. The van der Waals surface area contributed by atoms with Gasteiger partial charge in [0.2, 0.25) is 5.91 Å². The van der Waals surface area contributed by atoms with E-state index in [1.165, 1.54) is 0 Å². The van der Waals surface area contributed by atoms with E-state index in [0.717, 1.165) is 48.3 Å². The maximum absolute atomic E-state index is 12.9. The van der Waals surface area contributed by atoms with Gasteiger partial charge in [0.15, 0.2) is 0 Å². The smallest absolute Gasteiger partial charge is 0.224 e. The Hall–Kier alpha value is -2.98. The van der Waals surface area contributed by atoms with Crippen molar-refractivity contribution in [3.63, 3.8) is 0 Å². The number of anilines is 3. The zero-order valence-corrected chi connectivity index (χ0v) is 17.7. The zero-order chi connectivity index (χ0) is 20.8. The molecule has 4 nitrogen and oxygen atoms in total. The first kappa shape index (κ1) is 20.3. The maximum atomic E-state index is 12.9. The molecule has 30 heavy (non-hydrogen) atoms. The molecule has 1 heterocycles. The first-order valence-corrected chi connectivity index (χ1v) is 10.7. The summed E-state index contributed by atoms with van der Waals surface area (Å²) in [5, 5.41) is 0.743. The predicted octanol–water partition coefficient (Wildman–Crippen LogP) is 5.22. The van der Waals surface area contributed by atoms with Gasteiger partial charge in [0.1, 0.15) is 0 Å². The van der Waals surface area contributed by atoms with Crippen LogP contribution in [0, 0.1) is 0 Å². The molecule has 0 atom stereocenters. The molecule has 0 radical (unpaired) electrons. The molecule has 5 heteroatoms. The van der Waals surface area contributed by atoms with Gasteiger partial charge in [-0.2, -0.15) is 0 Å². The quantitative estimate of drug-likeness (QED) is 0.548. The van der Waals surface area contributed by atoms with Crippen molar-refractivity contribution in [2.24, 2.45) is 0 Å². The number of nitrogens with zero attached hydrogens (tertiary/aromatic N) is 3. The Morgan fingerprint density at radius 2 is 1.40 bits per heavy atom. The number of benzene rings is 3. The number of carbonyl (C=O) groups is 1. The molecule has 0 bridgehead atoms. The van der Waals surface area contributed by atoms with Gasteiger partial charge in [0, 0.05) is 61.2 Å².